The Hall–Kier alpha value is -1.76. The molecule has 2 N–H and O–H groups in total. The molecule has 0 amide bonds. The van der Waals surface area contributed by atoms with E-state index >= 15 is 0 Å². The lowest BCUT2D eigenvalue weighted by atomic mass is 10.1. The molecule has 0 bridgehead atoms. The standard InChI is InChI=1S/C18H29F2N5/c1-3-21-18(22-9-6-15-5-4-14(2)23-12-15)24-16-7-10-25(11-8-16)13-17(19)20/h4-5,12,16-17H,3,6-11,13H2,1-2H3,(H2,21,22,24). The average molecular weight is 353 g/mol. The molecule has 140 valence electrons. The van der Waals surface area contributed by atoms with Crippen LogP contribution in [-0.4, -0.2) is 61.0 Å². The number of aryl methyl sites for hydroxylation is 1. The monoisotopic (exact) mass is 353 g/mol. The normalized spacial score (nSPS) is 17.1. The van der Waals surface area contributed by atoms with Crippen molar-refractivity contribution in [2.45, 2.75) is 45.6 Å². The number of hydrogen-bond acceptors (Lipinski definition) is 3. The van der Waals surface area contributed by atoms with E-state index in [4.69, 9.17) is 0 Å². The molecular formula is C18H29F2N5. The number of nitrogens with zero attached hydrogens (tertiary/aromatic N) is 3. The number of halogens is 2. The van der Waals surface area contributed by atoms with E-state index in [0.29, 0.717) is 19.6 Å². The highest BCUT2D eigenvalue weighted by Gasteiger charge is 2.21. The number of nitrogens with one attached hydrogen (secondary N) is 2. The van der Waals surface area contributed by atoms with E-state index < -0.39 is 6.43 Å². The lowest BCUT2D eigenvalue weighted by Gasteiger charge is -2.32. The zero-order valence-electron chi connectivity index (χ0n) is 15.1. The van der Waals surface area contributed by atoms with E-state index in [1.54, 1.807) is 0 Å². The van der Waals surface area contributed by atoms with Crippen molar-refractivity contribution in [2.24, 2.45) is 4.99 Å². The molecule has 0 aromatic carbocycles. The third-order valence-corrected chi connectivity index (χ3v) is 4.31. The van der Waals surface area contributed by atoms with Gasteiger partial charge in [0.25, 0.3) is 6.43 Å². The maximum Gasteiger partial charge on any atom is 0.251 e. The van der Waals surface area contributed by atoms with Gasteiger partial charge in [0.05, 0.1) is 6.54 Å². The number of aliphatic imine (C=N–C) groups is 1. The van der Waals surface area contributed by atoms with E-state index in [1.165, 1.54) is 5.56 Å². The Labute approximate surface area is 148 Å². The summed E-state index contributed by atoms with van der Waals surface area (Å²) < 4.78 is 24.9. The minimum Gasteiger partial charge on any atom is -0.357 e. The first kappa shape index (κ1) is 19.6. The second-order valence-electron chi connectivity index (χ2n) is 6.43. The van der Waals surface area contributed by atoms with Gasteiger partial charge < -0.3 is 10.6 Å². The quantitative estimate of drug-likeness (QED) is 0.583. The molecule has 2 heterocycles. The fourth-order valence-corrected chi connectivity index (χ4v) is 2.91. The number of piperidine rings is 1. The van der Waals surface area contributed by atoms with E-state index in [2.05, 4.69) is 26.7 Å². The smallest absolute Gasteiger partial charge is 0.251 e. The van der Waals surface area contributed by atoms with Gasteiger partial charge in [-0.15, -0.1) is 0 Å². The number of guanidine groups is 1. The highest BCUT2D eigenvalue weighted by atomic mass is 19.3. The van der Waals surface area contributed by atoms with Gasteiger partial charge in [-0.05, 0) is 44.7 Å². The van der Waals surface area contributed by atoms with Gasteiger partial charge in [0.15, 0.2) is 5.96 Å². The van der Waals surface area contributed by atoms with Crippen molar-refractivity contribution in [3.63, 3.8) is 0 Å². The molecular weight excluding hydrogens is 324 g/mol. The molecule has 0 aliphatic carbocycles. The summed E-state index contributed by atoms with van der Waals surface area (Å²) in [5, 5.41) is 6.69. The van der Waals surface area contributed by atoms with Gasteiger partial charge in [-0.25, -0.2) is 8.78 Å². The second kappa shape index (κ2) is 10.3. The van der Waals surface area contributed by atoms with E-state index in [0.717, 1.165) is 37.5 Å². The van der Waals surface area contributed by atoms with Gasteiger partial charge in [-0.1, -0.05) is 6.07 Å². The van der Waals surface area contributed by atoms with E-state index in [1.807, 2.05) is 31.0 Å². The second-order valence-corrected chi connectivity index (χ2v) is 6.43. The minimum atomic E-state index is -2.25. The molecule has 1 fully saturated rings. The van der Waals surface area contributed by atoms with Gasteiger partial charge in [-0.2, -0.15) is 0 Å². The van der Waals surface area contributed by atoms with Crippen molar-refractivity contribution in [1.29, 1.82) is 0 Å². The molecule has 0 radical (unpaired) electrons. The van der Waals surface area contributed by atoms with Crippen molar-refractivity contribution in [1.82, 2.24) is 20.5 Å². The van der Waals surface area contributed by atoms with Crippen molar-refractivity contribution >= 4 is 5.96 Å². The maximum atomic E-state index is 12.4. The van der Waals surface area contributed by atoms with Gasteiger partial charge in [-0.3, -0.25) is 14.9 Å². The van der Waals surface area contributed by atoms with Crippen molar-refractivity contribution in [2.75, 3.05) is 32.7 Å². The molecule has 1 aliphatic heterocycles. The summed E-state index contributed by atoms with van der Waals surface area (Å²) >= 11 is 0. The van der Waals surface area contributed by atoms with Crippen molar-refractivity contribution < 1.29 is 8.78 Å². The highest BCUT2D eigenvalue weighted by molar-refractivity contribution is 5.80. The molecule has 1 aliphatic rings. The number of alkyl halides is 2. The molecule has 7 heteroatoms. The number of rotatable bonds is 7. The summed E-state index contributed by atoms with van der Waals surface area (Å²) in [6.07, 6.45) is 2.21. The molecule has 5 nitrogen and oxygen atoms in total. The molecule has 0 unspecified atom stereocenters. The van der Waals surface area contributed by atoms with Crippen LogP contribution in [0.2, 0.25) is 0 Å². The minimum absolute atomic E-state index is 0.120. The van der Waals surface area contributed by atoms with Crippen LogP contribution >= 0.6 is 0 Å². The summed E-state index contributed by atoms with van der Waals surface area (Å²) in [7, 11) is 0. The van der Waals surface area contributed by atoms with Crippen LogP contribution in [0.4, 0.5) is 8.78 Å². The SMILES string of the molecule is CCNC(=NCCc1ccc(C)nc1)NC1CCN(CC(F)F)CC1. The van der Waals surface area contributed by atoms with Crippen molar-refractivity contribution in [3.05, 3.63) is 29.6 Å². The Bertz CT molecular complexity index is 525. The van der Waals surface area contributed by atoms with Crippen LogP contribution in [0.1, 0.15) is 31.0 Å². The molecule has 25 heavy (non-hydrogen) atoms. The summed E-state index contributed by atoms with van der Waals surface area (Å²) in [5.41, 5.74) is 2.19. The van der Waals surface area contributed by atoms with Crippen LogP contribution in [0.3, 0.4) is 0 Å². The summed E-state index contributed by atoms with van der Waals surface area (Å²) in [5.74, 6) is 0.801. The zero-order valence-corrected chi connectivity index (χ0v) is 15.1. The Kier molecular flexibility index (Phi) is 8.04. The third-order valence-electron chi connectivity index (χ3n) is 4.31. The van der Waals surface area contributed by atoms with E-state index in [9.17, 15) is 8.78 Å². The number of likely N-dealkylation sites (tertiary alicyclic amines) is 1. The van der Waals surface area contributed by atoms with Crippen LogP contribution in [0.15, 0.2) is 23.3 Å². The maximum absolute atomic E-state index is 12.4. The Morgan fingerprint density at radius 3 is 2.72 bits per heavy atom. The van der Waals surface area contributed by atoms with Crippen LogP contribution < -0.4 is 10.6 Å². The highest BCUT2D eigenvalue weighted by Crippen LogP contribution is 2.11. The molecule has 1 saturated heterocycles. The molecule has 0 atom stereocenters. The Balaban J connectivity index is 1.78. The summed E-state index contributed by atoms with van der Waals surface area (Å²) in [4.78, 5) is 10.8. The zero-order chi connectivity index (χ0) is 18.1. The molecule has 1 aromatic rings. The van der Waals surface area contributed by atoms with Crippen LogP contribution in [0.5, 0.6) is 0 Å². The number of aromatic nitrogens is 1. The van der Waals surface area contributed by atoms with Gasteiger partial charge in [0, 0.05) is 44.1 Å². The van der Waals surface area contributed by atoms with Crippen LogP contribution in [-0.2, 0) is 6.42 Å². The topological polar surface area (TPSA) is 52.6 Å². The van der Waals surface area contributed by atoms with Crippen LogP contribution in [0.25, 0.3) is 0 Å². The summed E-state index contributed by atoms with van der Waals surface area (Å²) in [6, 6.07) is 4.37. The molecule has 2 rings (SSSR count). The molecule has 0 spiro atoms. The average Bonchev–Trinajstić information content (AvgIpc) is 2.58. The van der Waals surface area contributed by atoms with E-state index in [-0.39, 0.29) is 12.6 Å². The van der Waals surface area contributed by atoms with Gasteiger partial charge in [0.2, 0.25) is 0 Å². The van der Waals surface area contributed by atoms with Gasteiger partial charge >= 0.3 is 0 Å². The Morgan fingerprint density at radius 1 is 1.36 bits per heavy atom. The Morgan fingerprint density at radius 2 is 2.12 bits per heavy atom. The third kappa shape index (κ3) is 7.34. The van der Waals surface area contributed by atoms with Gasteiger partial charge in [0.1, 0.15) is 0 Å². The van der Waals surface area contributed by atoms with Crippen molar-refractivity contribution in [3.8, 4) is 0 Å². The number of pyridine rings is 1. The predicted octanol–water partition coefficient (Wildman–Crippen LogP) is 2.22. The lowest BCUT2D eigenvalue weighted by Crippen LogP contribution is -2.49. The predicted molar refractivity (Wildman–Crippen MR) is 97.3 cm³/mol. The fourth-order valence-electron chi connectivity index (χ4n) is 2.91. The molecule has 1 aromatic heterocycles. The fraction of sp³-hybridized carbons (Fsp3) is 0.667. The molecule has 0 saturated carbocycles. The lowest BCUT2D eigenvalue weighted by molar-refractivity contribution is 0.0744. The first-order valence-corrected chi connectivity index (χ1v) is 9.03. The first-order chi connectivity index (χ1) is 12.1. The largest absolute Gasteiger partial charge is 0.357 e. The summed E-state index contributed by atoms with van der Waals surface area (Å²) in [6.45, 7) is 6.78. The first-order valence-electron chi connectivity index (χ1n) is 9.03. The number of hydrogen-bond donors (Lipinski definition) is 2. The van der Waals surface area contributed by atoms with Crippen LogP contribution in [0, 0.1) is 6.92 Å².